The number of quaternary nitrogens is 1. The van der Waals surface area contributed by atoms with Crippen LogP contribution in [0.4, 0.5) is 11.4 Å². The molecule has 0 radical (unpaired) electrons. The van der Waals surface area contributed by atoms with Gasteiger partial charge in [-0.05, 0) is 51.0 Å². The van der Waals surface area contributed by atoms with E-state index in [2.05, 4.69) is 22.8 Å². The van der Waals surface area contributed by atoms with Crippen molar-refractivity contribution in [3.63, 3.8) is 0 Å². The van der Waals surface area contributed by atoms with Crippen molar-refractivity contribution in [2.75, 3.05) is 24.2 Å². The molecular weight excluding hydrogens is 398 g/mol. The molecule has 0 aliphatic carbocycles. The molecule has 0 aliphatic rings. The number of hydrogen-bond donors (Lipinski definition) is 3. The van der Waals surface area contributed by atoms with E-state index in [4.69, 9.17) is 0 Å². The molecule has 32 heavy (non-hydrogen) atoms. The molecule has 0 aromatic heterocycles. The van der Waals surface area contributed by atoms with Crippen molar-refractivity contribution in [3.8, 4) is 0 Å². The Labute approximate surface area is 190 Å². The minimum absolute atomic E-state index is 0.123. The van der Waals surface area contributed by atoms with E-state index in [0.717, 1.165) is 44.1 Å². The van der Waals surface area contributed by atoms with E-state index in [-0.39, 0.29) is 18.4 Å². The molecule has 3 aromatic rings. The van der Waals surface area contributed by atoms with Crippen LogP contribution in [-0.2, 0) is 9.59 Å². The molecule has 3 rings (SSSR count). The number of likely N-dealkylation sites (N-methyl/N-ethyl adjacent to an activating group) is 1. The highest BCUT2D eigenvalue weighted by molar-refractivity contribution is 5.95. The highest BCUT2D eigenvalue weighted by Gasteiger charge is 2.30. The van der Waals surface area contributed by atoms with Crippen LogP contribution >= 0.6 is 0 Å². The zero-order valence-corrected chi connectivity index (χ0v) is 19.5. The quantitative estimate of drug-likeness (QED) is 0.535. The van der Waals surface area contributed by atoms with Crippen LogP contribution in [0.5, 0.6) is 0 Å². The molecule has 5 nitrogen and oxygen atoms in total. The number of aryl methyl sites for hydroxylation is 4. The number of anilines is 2. The lowest BCUT2D eigenvalue weighted by Gasteiger charge is -2.24. The van der Waals surface area contributed by atoms with E-state index in [1.165, 1.54) is 0 Å². The summed E-state index contributed by atoms with van der Waals surface area (Å²) >= 11 is 0. The lowest BCUT2D eigenvalue weighted by atomic mass is 10.0. The van der Waals surface area contributed by atoms with Crippen molar-refractivity contribution in [2.24, 2.45) is 0 Å². The number of amides is 2. The molecule has 0 fully saturated rings. The molecule has 2 atom stereocenters. The Morgan fingerprint density at radius 3 is 2.00 bits per heavy atom. The fraction of sp³-hybridized carbons (Fsp3) is 0.259. The summed E-state index contributed by atoms with van der Waals surface area (Å²) in [5.74, 6) is -0.269. The van der Waals surface area contributed by atoms with E-state index >= 15 is 0 Å². The molecule has 0 saturated carbocycles. The summed E-state index contributed by atoms with van der Waals surface area (Å²) in [4.78, 5) is 27.0. The molecule has 0 aliphatic heterocycles. The van der Waals surface area contributed by atoms with Gasteiger partial charge in [-0.15, -0.1) is 0 Å². The van der Waals surface area contributed by atoms with Crippen LogP contribution in [0, 0.1) is 27.7 Å². The average Bonchev–Trinajstić information content (AvgIpc) is 2.73. The number of benzene rings is 3. The third kappa shape index (κ3) is 5.83. The predicted octanol–water partition coefficient (Wildman–Crippen LogP) is 3.75. The lowest BCUT2D eigenvalue weighted by Crippen LogP contribution is -3.11. The molecule has 3 N–H and O–H groups in total. The first kappa shape index (κ1) is 23.2. The molecule has 5 heteroatoms. The maximum Gasteiger partial charge on any atom is 0.287 e. The highest BCUT2D eigenvalue weighted by Crippen LogP contribution is 2.21. The molecule has 0 bridgehead atoms. The van der Waals surface area contributed by atoms with Gasteiger partial charge in [-0.2, -0.15) is 0 Å². The second kappa shape index (κ2) is 10.2. The summed E-state index contributed by atoms with van der Waals surface area (Å²) in [6.45, 7) is 8.20. The van der Waals surface area contributed by atoms with Gasteiger partial charge in [0.15, 0.2) is 12.6 Å². The van der Waals surface area contributed by atoms with Crippen LogP contribution in [0.1, 0.15) is 33.9 Å². The maximum atomic E-state index is 13.3. The molecule has 0 heterocycles. The Balaban J connectivity index is 1.78. The van der Waals surface area contributed by atoms with E-state index in [1.54, 1.807) is 0 Å². The van der Waals surface area contributed by atoms with Crippen molar-refractivity contribution in [2.45, 2.75) is 33.7 Å². The largest absolute Gasteiger partial charge is 0.321 e. The first-order valence-corrected chi connectivity index (χ1v) is 10.9. The molecule has 2 amide bonds. The number of nitrogens with one attached hydrogen (secondary N) is 3. The molecule has 1 unspecified atom stereocenters. The number of hydrogen-bond acceptors (Lipinski definition) is 2. The first-order valence-electron chi connectivity index (χ1n) is 10.9. The highest BCUT2D eigenvalue weighted by atomic mass is 16.2. The van der Waals surface area contributed by atoms with Crippen molar-refractivity contribution in [3.05, 3.63) is 94.5 Å². The van der Waals surface area contributed by atoms with Crippen LogP contribution in [-0.4, -0.2) is 25.4 Å². The van der Waals surface area contributed by atoms with Crippen molar-refractivity contribution < 1.29 is 14.5 Å². The molecule has 166 valence electrons. The Morgan fingerprint density at radius 2 is 1.41 bits per heavy atom. The number of carbonyl (C=O) groups excluding carboxylic acids is 2. The summed E-state index contributed by atoms with van der Waals surface area (Å²) in [6.07, 6.45) is 0. The van der Waals surface area contributed by atoms with Crippen LogP contribution in [0.15, 0.2) is 66.7 Å². The average molecular weight is 431 g/mol. The molecule has 0 spiro atoms. The fourth-order valence-electron chi connectivity index (χ4n) is 4.07. The van der Waals surface area contributed by atoms with Gasteiger partial charge in [0.2, 0.25) is 0 Å². The van der Waals surface area contributed by atoms with Gasteiger partial charge in [0.25, 0.3) is 11.8 Å². The van der Waals surface area contributed by atoms with Gasteiger partial charge in [-0.25, -0.2) is 0 Å². The number of carbonyl (C=O) groups is 2. The van der Waals surface area contributed by atoms with Gasteiger partial charge >= 0.3 is 0 Å². The van der Waals surface area contributed by atoms with Crippen LogP contribution in [0.25, 0.3) is 0 Å². The van der Waals surface area contributed by atoms with Crippen LogP contribution in [0.2, 0.25) is 0 Å². The summed E-state index contributed by atoms with van der Waals surface area (Å²) in [5.41, 5.74) is 6.81. The molecule has 0 saturated heterocycles. The fourth-order valence-corrected chi connectivity index (χ4v) is 4.07. The third-order valence-corrected chi connectivity index (χ3v) is 5.59. The number of rotatable bonds is 7. The predicted molar refractivity (Wildman–Crippen MR) is 130 cm³/mol. The van der Waals surface area contributed by atoms with E-state index in [9.17, 15) is 9.59 Å². The maximum absolute atomic E-state index is 13.3. The lowest BCUT2D eigenvalue weighted by molar-refractivity contribution is -0.893. The van der Waals surface area contributed by atoms with Gasteiger partial charge < -0.3 is 15.5 Å². The minimum Gasteiger partial charge on any atom is -0.321 e. The van der Waals surface area contributed by atoms with Crippen molar-refractivity contribution in [1.29, 1.82) is 0 Å². The Hall–Kier alpha value is -3.44. The van der Waals surface area contributed by atoms with E-state index < -0.39 is 6.04 Å². The second-order valence-corrected chi connectivity index (χ2v) is 8.54. The summed E-state index contributed by atoms with van der Waals surface area (Å²) in [7, 11) is 1.88. The van der Waals surface area contributed by atoms with Crippen LogP contribution < -0.4 is 15.5 Å². The topological polar surface area (TPSA) is 62.6 Å². The Bertz CT molecular complexity index is 1070. The van der Waals surface area contributed by atoms with E-state index in [0.29, 0.717) is 0 Å². The Kier molecular flexibility index (Phi) is 7.44. The standard InChI is InChI=1S/C27H31N3O2/c1-18-11-13-23(14-12-18)28-27(32)26(22-9-7-6-8-10-22)30(5)17-24(31)29-25-20(3)15-19(2)16-21(25)4/h6-16,26H,17H2,1-5H3,(H,28,32)(H,29,31)/p+1/t26-/m0/s1. The SMILES string of the molecule is Cc1ccc(NC(=O)[C@H](c2ccccc2)[NH+](C)CC(=O)Nc2c(C)cc(C)cc2C)cc1. The zero-order chi connectivity index (χ0) is 23.3. The van der Waals surface area contributed by atoms with Gasteiger partial charge in [0, 0.05) is 16.9 Å². The summed E-state index contributed by atoms with van der Waals surface area (Å²) < 4.78 is 0. The van der Waals surface area contributed by atoms with E-state index in [1.807, 2.05) is 89.3 Å². The van der Waals surface area contributed by atoms with Crippen molar-refractivity contribution >= 4 is 23.2 Å². The van der Waals surface area contributed by atoms with Gasteiger partial charge in [0.05, 0.1) is 7.05 Å². The molecular formula is C27H32N3O2+. The second-order valence-electron chi connectivity index (χ2n) is 8.54. The van der Waals surface area contributed by atoms with Gasteiger partial charge in [-0.1, -0.05) is 65.7 Å². The Morgan fingerprint density at radius 1 is 0.812 bits per heavy atom. The van der Waals surface area contributed by atoms with Gasteiger partial charge in [-0.3, -0.25) is 9.59 Å². The first-order chi connectivity index (χ1) is 15.2. The summed E-state index contributed by atoms with van der Waals surface area (Å²) in [5, 5.41) is 6.05. The van der Waals surface area contributed by atoms with Crippen molar-refractivity contribution in [1.82, 2.24) is 0 Å². The molecule has 3 aromatic carbocycles. The van der Waals surface area contributed by atoms with Crippen LogP contribution in [0.3, 0.4) is 0 Å². The third-order valence-electron chi connectivity index (χ3n) is 5.59. The normalized spacial score (nSPS) is 12.7. The minimum atomic E-state index is -0.525. The monoisotopic (exact) mass is 430 g/mol. The smallest absolute Gasteiger partial charge is 0.287 e. The van der Waals surface area contributed by atoms with Gasteiger partial charge in [0.1, 0.15) is 0 Å². The summed E-state index contributed by atoms with van der Waals surface area (Å²) in [6, 6.07) is 20.9. The zero-order valence-electron chi connectivity index (χ0n) is 19.5.